The lowest BCUT2D eigenvalue weighted by Crippen LogP contribution is -2.42. The number of aldehydes is 1. The number of nitrogens with zero attached hydrogens (tertiary/aromatic N) is 12. The number of piperidine rings is 2. The molecule has 0 spiro atoms. The van der Waals surface area contributed by atoms with Crippen LogP contribution in [0.5, 0.6) is 17.2 Å². The molecule has 17 rings (SSSR count). The quantitative estimate of drug-likeness (QED) is 0.0135. The number of carbonyl (C=O) groups is 3. The maximum atomic E-state index is 10.8. The van der Waals surface area contributed by atoms with E-state index in [1.165, 1.54) is 75.2 Å². The molecule has 129 heavy (non-hydrogen) atoms. The first-order valence-corrected chi connectivity index (χ1v) is 41.7. The van der Waals surface area contributed by atoms with Crippen LogP contribution in [0.4, 0.5) is 34.5 Å². The smallest absolute Gasteiger partial charge is 0.376 e. The number of halogens is 1. The molecule has 29 nitrogen and oxygen atoms in total. The fourth-order valence-corrected chi connectivity index (χ4v) is 14.9. The van der Waals surface area contributed by atoms with E-state index < -0.39 is 9.85 Å². The molecule has 13 aromatic rings. The number of pyridine rings is 5. The van der Waals surface area contributed by atoms with E-state index in [0.717, 1.165) is 161 Å². The second-order valence-corrected chi connectivity index (χ2v) is 31.0. The zero-order chi connectivity index (χ0) is 87.1. The molecule has 0 bridgehead atoms. The van der Waals surface area contributed by atoms with E-state index in [1.807, 2.05) is 144 Å². The number of aromatic amines is 2. The Balaban J connectivity index is 0.000000217. The highest BCUT2D eigenvalue weighted by Gasteiger charge is 2.27. The summed E-state index contributed by atoms with van der Waals surface area (Å²) in [6.45, 7) is 8.35. The van der Waals surface area contributed by atoms with Crippen LogP contribution in [0, 0.1) is 20.2 Å². The summed E-state index contributed by atoms with van der Waals surface area (Å²) < 4.78 is 17.8. The summed E-state index contributed by atoms with van der Waals surface area (Å²) in [5, 5.41) is 30.8. The number of nitrogens with two attached hydrogens (primary N) is 4. The van der Waals surface area contributed by atoms with E-state index in [2.05, 4.69) is 121 Å². The van der Waals surface area contributed by atoms with Gasteiger partial charge in [-0.05, 0) is 212 Å². The zero-order valence-corrected chi connectivity index (χ0v) is 70.2. The molecular weight excluding hydrogens is 1690 g/mol. The molecule has 4 aliphatic rings. The molecule has 7 aromatic heterocycles. The van der Waals surface area contributed by atoms with Gasteiger partial charge in [-0.15, -0.1) is 0 Å². The Morgan fingerprint density at radius 1 is 0.488 bits per heavy atom. The predicted octanol–water partition coefficient (Wildman–Crippen LogP) is 19.0. The van der Waals surface area contributed by atoms with Crippen LogP contribution in [0.15, 0.2) is 236 Å². The van der Waals surface area contributed by atoms with Gasteiger partial charge in [0.05, 0.1) is 38.9 Å². The lowest BCUT2D eigenvalue weighted by Gasteiger charge is -2.32. The van der Waals surface area contributed by atoms with Crippen LogP contribution in [0.2, 0.25) is 6.82 Å². The summed E-state index contributed by atoms with van der Waals surface area (Å²) >= 11 is 3.04. The number of imidazole rings is 2. The molecule has 3 aliphatic heterocycles. The van der Waals surface area contributed by atoms with Crippen molar-refractivity contribution in [2.24, 2.45) is 0 Å². The minimum atomic E-state index is -0.576. The fourth-order valence-electron chi connectivity index (χ4n) is 14.6. The number of aromatic nitrogens is 9. The van der Waals surface area contributed by atoms with Crippen molar-refractivity contribution in [3.05, 3.63) is 300 Å². The summed E-state index contributed by atoms with van der Waals surface area (Å²) in [5.41, 5.74) is 37.2. The number of nitro groups is 2. The number of carbonyl (C=O) groups excluding carboxylic acids is 3. The second kappa shape index (κ2) is 52.1. The Bertz CT molecular complexity index is 5680. The standard InChI is InChI=1S/C25H27BN4O2.C25H25N3O.C14H12O2.C11H12BN4O3.C11H16BN4O.C5H4BrN3O2.5CH4/c1-26(31)30-13-11-19(12-14-30)21-15-23-25(27-16-21)29-24(28-23)20-9-7-18(8-10-20)17-32-22-5-3-2-4-6-22;1-3-7-19(8-4-1)21-15-23-25(26-16-21)28-24(27-23)20-13-11-18(12-14-20)17-29-22-9-5-2-6-10-22;15-10-12-6-8-13(9-7-12)11-16-14-4-2-1-3-5-14;13-11-10(16(18)19)5-9(6-14-11)8-1-3-15(4-2-8)12-7-17;13-10-5-9(6-15-11(10)14)8-1-3-16(4-2-8)12-7-17;6-3-1-4(9(10)11)5(7)8-2-3;;;;;/h2-10,15-16,19,31H,11-14,17H2,1H3,(H,27,28,29);2,5-6,9-16,19H,1,3-4,7-8,17H2,(H,26,27,28);1-10H,11H2;1,5-7H,2-4H2,(H2,13,14);5-8H,1-4,13H2,(H2,14,15);1-2H,(H2,7,8);5*1H4. The summed E-state index contributed by atoms with van der Waals surface area (Å²) in [4.78, 5) is 94.2. The molecule has 10 heterocycles. The van der Waals surface area contributed by atoms with Crippen LogP contribution >= 0.6 is 15.9 Å². The lowest BCUT2D eigenvalue weighted by atomic mass is 9.79. The van der Waals surface area contributed by atoms with Crippen LogP contribution in [-0.2, 0) is 29.4 Å². The lowest BCUT2D eigenvalue weighted by molar-refractivity contribution is -0.384. The molecule has 6 aromatic carbocycles. The van der Waals surface area contributed by atoms with E-state index >= 15 is 0 Å². The van der Waals surface area contributed by atoms with Gasteiger partial charge >= 0.3 is 18.4 Å². The van der Waals surface area contributed by atoms with Crippen molar-refractivity contribution in [2.45, 2.75) is 146 Å². The van der Waals surface area contributed by atoms with Crippen molar-refractivity contribution in [3.8, 4) is 40.0 Å². The Labute approximate surface area is 765 Å². The Kier molecular flexibility index (Phi) is 41.5. The zero-order valence-electron chi connectivity index (χ0n) is 68.7. The highest BCUT2D eigenvalue weighted by atomic mass is 79.9. The average molecular weight is 1810 g/mol. The van der Waals surface area contributed by atoms with Crippen molar-refractivity contribution >= 4 is 119 Å². The molecule has 0 unspecified atom stereocenters. The number of nitrogen functional groups attached to an aromatic ring is 4. The summed E-state index contributed by atoms with van der Waals surface area (Å²) in [6, 6.07) is 62.5. The molecule has 2 radical (unpaired) electrons. The van der Waals surface area contributed by atoms with Crippen LogP contribution in [0.3, 0.4) is 0 Å². The van der Waals surface area contributed by atoms with E-state index in [9.17, 15) is 39.6 Å². The Morgan fingerprint density at radius 2 is 0.899 bits per heavy atom. The van der Waals surface area contributed by atoms with Gasteiger partial charge in [0.2, 0.25) is 11.6 Å². The number of nitrogens with one attached hydrogen (secondary N) is 2. The minimum absolute atomic E-state index is 0. The summed E-state index contributed by atoms with van der Waals surface area (Å²) in [5.74, 6) is 6.10. The minimum Gasteiger partial charge on any atom is -0.489 e. The topological polar surface area (TPSA) is 421 Å². The van der Waals surface area contributed by atoms with Gasteiger partial charge in [-0.3, -0.25) is 25.0 Å². The van der Waals surface area contributed by atoms with Gasteiger partial charge in [-0.25, -0.2) is 34.9 Å². The molecular formula is C96H116B3BrN18O11. The van der Waals surface area contributed by atoms with Gasteiger partial charge in [0, 0.05) is 76.4 Å². The molecule has 672 valence electrons. The number of anilines is 4. The van der Waals surface area contributed by atoms with Crippen LogP contribution in [0.25, 0.3) is 50.7 Å². The number of fused-ring (bicyclic) bond motifs is 2. The van der Waals surface area contributed by atoms with Crippen LogP contribution in [0.1, 0.15) is 168 Å². The molecule has 2 saturated heterocycles. The molecule has 33 heteroatoms. The number of rotatable bonds is 23. The first-order valence-electron chi connectivity index (χ1n) is 40.9. The van der Waals surface area contributed by atoms with E-state index in [4.69, 9.17) is 42.1 Å². The number of benzene rings is 6. The van der Waals surface area contributed by atoms with Crippen molar-refractivity contribution in [1.82, 2.24) is 59.3 Å². The van der Waals surface area contributed by atoms with Crippen molar-refractivity contribution in [3.63, 3.8) is 0 Å². The van der Waals surface area contributed by atoms with Crippen molar-refractivity contribution in [1.29, 1.82) is 0 Å². The number of hydrogen-bond donors (Lipinski definition) is 7. The van der Waals surface area contributed by atoms with Gasteiger partial charge in [-0.2, -0.15) is 0 Å². The largest absolute Gasteiger partial charge is 0.489 e. The van der Waals surface area contributed by atoms with E-state index in [-0.39, 0.29) is 67.2 Å². The molecule has 0 atom stereocenters. The normalized spacial score (nSPS) is 13.8. The highest BCUT2D eigenvalue weighted by Crippen LogP contribution is 2.36. The average Bonchev–Trinajstić information content (AvgIpc) is 1.64. The van der Waals surface area contributed by atoms with Gasteiger partial charge in [0.1, 0.15) is 60.8 Å². The highest BCUT2D eigenvalue weighted by molar-refractivity contribution is 9.10. The number of para-hydroxylation sites is 3. The van der Waals surface area contributed by atoms with Crippen molar-refractivity contribution in [2.75, 3.05) is 62.2 Å². The van der Waals surface area contributed by atoms with E-state index in [1.54, 1.807) is 25.7 Å². The SMILES string of the molecule is C.C.C.C.C.CB(O)N1CCC(c2cnc3nc(-c4ccc(COc5ccccc5)cc4)[nH]c3c2)CC1.Nc1cc(C2CCN([B]C=O)CC2)cnc1N.Nc1ncc(Br)cc1[N+](=O)[O-].Nc1ncc(C2=CCN([B]C=O)CC2)cc1[N+](=O)[O-].O=Cc1ccc(COc2ccccc2)cc1.c1ccc(OCc2ccc(-c3nc4ncc(C5CCCCC5)cc4[nH]3)cc2)cc1. The second-order valence-electron chi connectivity index (χ2n) is 30.1. The van der Waals surface area contributed by atoms with Gasteiger partial charge in [0.25, 0.3) is 14.8 Å². The van der Waals surface area contributed by atoms with Gasteiger partial charge in [0.15, 0.2) is 11.3 Å². The predicted molar refractivity (Wildman–Crippen MR) is 524 cm³/mol. The van der Waals surface area contributed by atoms with Gasteiger partial charge in [-0.1, -0.05) is 190 Å². The molecule has 11 N–H and O–H groups in total. The van der Waals surface area contributed by atoms with Gasteiger partial charge < -0.3 is 76.2 Å². The molecule has 3 fully saturated rings. The Morgan fingerprint density at radius 3 is 1.32 bits per heavy atom. The molecule has 1 saturated carbocycles. The maximum Gasteiger partial charge on any atom is 0.376 e. The van der Waals surface area contributed by atoms with Crippen molar-refractivity contribution < 1.29 is 43.5 Å². The number of ether oxygens (including phenoxy) is 3. The molecule has 1 aliphatic carbocycles. The summed E-state index contributed by atoms with van der Waals surface area (Å²) in [6.07, 6.45) is 24.4. The number of H-pyrrole nitrogens is 2. The fraction of sp³-hybridized carbons (Fsp3) is 0.292. The monoisotopic (exact) mass is 1810 g/mol. The number of hydrogen-bond acceptors (Lipinski definition) is 25. The third-order valence-corrected chi connectivity index (χ3v) is 22.1. The third kappa shape index (κ3) is 30.4. The van der Waals surface area contributed by atoms with Crippen LogP contribution < -0.4 is 37.1 Å². The molecule has 0 amide bonds. The Hall–Kier alpha value is -13.3. The third-order valence-electron chi connectivity index (χ3n) is 21.6. The first kappa shape index (κ1) is 103. The maximum absolute atomic E-state index is 10.8. The summed E-state index contributed by atoms with van der Waals surface area (Å²) in [7, 11) is 2.71. The van der Waals surface area contributed by atoms with Crippen LogP contribution in [-0.4, -0.2) is 154 Å². The van der Waals surface area contributed by atoms with E-state index in [0.29, 0.717) is 84.2 Å². The first-order chi connectivity index (χ1) is 60.3.